The molecule has 1 N–H and O–H groups in total. The van der Waals surface area contributed by atoms with Crippen LogP contribution in [-0.4, -0.2) is 26.7 Å². The SMILES string of the molecule is CCS(=O)(=O)c1ccc(CC(=O)Nc2c#cc(-c3ccccc3OCC(C)C)c(Cl)c2)cc1. The van der Waals surface area contributed by atoms with Crippen LogP contribution in [0.15, 0.2) is 59.5 Å². The van der Waals surface area contributed by atoms with E-state index in [4.69, 9.17) is 16.3 Å². The molecule has 33 heavy (non-hydrogen) atoms. The molecule has 7 heteroatoms. The summed E-state index contributed by atoms with van der Waals surface area (Å²) in [6.45, 7) is 6.33. The fourth-order valence-electron chi connectivity index (χ4n) is 3.10. The van der Waals surface area contributed by atoms with E-state index in [9.17, 15) is 13.2 Å². The number of carbonyl (C=O) groups excluding carboxylic acids is 1. The van der Waals surface area contributed by atoms with Crippen molar-refractivity contribution < 1.29 is 17.9 Å². The van der Waals surface area contributed by atoms with Crippen LogP contribution in [0.5, 0.6) is 5.75 Å². The lowest BCUT2D eigenvalue weighted by atomic mass is 10.1. The maximum Gasteiger partial charge on any atom is 0.229 e. The molecule has 3 aromatic carbocycles. The van der Waals surface area contributed by atoms with Crippen molar-refractivity contribution in [3.8, 4) is 16.9 Å². The highest BCUT2D eigenvalue weighted by Crippen LogP contribution is 2.34. The van der Waals surface area contributed by atoms with E-state index in [2.05, 4.69) is 31.3 Å². The van der Waals surface area contributed by atoms with E-state index in [1.54, 1.807) is 25.1 Å². The molecule has 3 aromatic rings. The molecular formula is C26H26ClNO4S. The third-order valence-electron chi connectivity index (χ3n) is 4.86. The predicted molar refractivity (Wildman–Crippen MR) is 131 cm³/mol. The van der Waals surface area contributed by atoms with Gasteiger partial charge in [-0.05, 0) is 47.9 Å². The number of amides is 1. The molecule has 1 amide bonds. The first-order chi connectivity index (χ1) is 15.7. The second-order valence-corrected chi connectivity index (χ2v) is 10.7. The highest BCUT2D eigenvalue weighted by molar-refractivity contribution is 7.91. The maximum absolute atomic E-state index is 12.5. The molecule has 3 rings (SSSR count). The highest BCUT2D eigenvalue weighted by atomic mass is 35.5. The van der Waals surface area contributed by atoms with Gasteiger partial charge < -0.3 is 10.1 Å². The van der Waals surface area contributed by atoms with Gasteiger partial charge in [0.05, 0.1) is 39.9 Å². The summed E-state index contributed by atoms with van der Waals surface area (Å²) in [5, 5.41) is 3.18. The molecule has 0 aliphatic rings. The molecule has 172 valence electrons. The number of ether oxygens (including phenoxy) is 1. The molecule has 0 bridgehead atoms. The summed E-state index contributed by atoms with van der Waals surface area (Å²) >= 11 is 6.50. The fourth-order valence-corrected chi connectivity index (χ4v) is 4.25. The summed E-state index contributed by atoms with van der Waals surface area (Å²) in [5.74, 6) is 0.858. The van der Waals surface area contributed by atoms with E-state index in [1.807, 2.05) is 24.3 Å². The zero-order valence-corrected chi connectivity index (χ0v) is 20.4. The van der Waals surface area contributed by atoms with Gasteiger partial charge in [0.2, 0.25) is 5.91 Å². The standard InChI is InChI=1S/C26H26ClNO4S/c1-4-33(30,31)21-12-9-19(10-13-21)15-26(29)28-20-11-14-22(24(27)16-20)23-7-5-6-8-25(23)32-17-18(2)3/h5-10,12-13,16,18H,4,15,17H2,1-3H3,(H,28,29). The van der Waals surface area contributed by atoms with Gasteiger partial charge in [0.15, 0.2) is 9.84 Å². The quantitative estimate of drug-likeness (QED) is 0.429. The van der Waals surface area contributed by atoms with Gasteiger partial charge in [-0.3, -0.25) is 4.79 Å². The van der Waals surface area contributed by atoms with E-state index in [-0.39, 0.29) is 23.0 Å². The first kappa shape index (κ1) is 24.6. The topological polar surface area (TPSA) is 72.5 Å². The van der Waals surface area contributed by atoms with Crippen LogP contribution in [-0.2, 0) is 21.1 Å². The van der Waals surface area contributed by atoms with Crippen LogP contribution in [0, 0.1) is 18.1 Å². The third kappa shape index (κ3) is 6.50. The Hall–Kier alpha value is -3.01. The lowest BCUT2D eigenvalue weighted by Crippen LogP contribution is -2.14. The lowest BCUT2D eigenvalue weighted by Gasteiger charge is -2.13. The zero-order valence-electron chi connectivity index (χ0n) is 18.8. The van der Waals surface area contributed by atoms with Crippen LogP contribution < -0.4 is 10.1 Å². The molecule has 0 aliphatic carbocycles. The van der Waals surface area contributed by atoms with Gasteiger partial charge in [0, 0.05) is 5.56 Å². The van der Waals surface area contributed by atoms with Gasteiger partial charge in [-0.2, -0.15) is 0 Å². The molecule has 0 saturated carbocycles. The predicted octanol–water partition coefficient (Wildman–Crippen LogP) is 5.62. The van der Waals surface area contributed by atoms with Gasteiger partial charge in [-0.15, -0.1) is 0 Å². The van der Waals surface area contributed by atoms with Crippen molar-refractivity contribution in [3.63, 3.8) is 0 Å². The first-order valence-corrected chi connectivity index (χ1v) is 12.7. The molecule has 0 aromatic heterocycles. The van der Waals surface area contributed by atoms with Crippen molar-refractivity contribution in [1.82, 2.24) is 0 Å². The molecule has 0 fully saturated rings. The number of carbonyl (C=O) groups is 1. The number of hydrogen-bond donors (Lipinski definition) is 1. The monoisotopic (exact) mass is 483 g/mol. The Balaban J connectivity index is 1.70. The van der Waals surface area contributed by atoms with E-state index >= 15 is 0 Å². The van der Waals surface area contributed by atoms with Crippen molar-refractivity contribution in [1.29, 1.82) is 0 Å². The number of hydrogen-bond acceptors (Lipinski definition) is 4. The normalized spacial score (nSPS) is 11.2. The summed E-state index contributed by atoms with van der Waals surface area (Å²) < 4.78 is 29.7. The minimum Gasteiger partial charge on any atom is -0.493 e. The zero-order chi connectivity index (χ0) is 24.0. The Bertz CT molecular complexity index is 1220. The molecule has 0 heterocycles. The Kier molecular flexibility index (Phi) is 8.01. The average molecular weight is 484 g/mol. The van der Waals surface area contributed by atoms with E-state index in [0.717, 1.165) is 5.56 Å². The summed E-state index contributed by atoms with van der Waals surface area (Å²) in [5.41, 5.74) is 2.55. The van der Waals surface area contributed by atoms with E-state index < -0.39 is 9.84 Å². The second-order valence-electron chi connectivity index (χ2n) is 8.00. The van der Waals surface area contributed by atoms with Crippen LogP contribution in [0.3, 0.4) is 0 Å². The number of nitrogens with one attached hydrogen (secondary N) is 1. The molecule has 5 nitrogen and oxygen atoms in total. The Morgan fingerprint density at radius 1 is 1.09 bits per heavy atom. The second kappa shape index (κ2) is 10.7. The van der Waals surface area contributed by atoms with E-state index in [0.29, 0.717) is 40.1 Å². The first-order valence-electron chi connectivity index (χ1n) is 10.7. The molecule has 0 radical (unpaired) electrons. The number of para-hydroxylation sites is 1. The molecule has 0 aliphatic heterocycles. The van der Waals surface area contributed by atoms with Crippen LogP contribution in [0.1, 0.15) is 26.3 Å². The summed E-state index contributed by atoms with van der Waals surface area (Å²) in [7, 11) is -3.27. The fraction of sp³-hybridized carbons (Fsp3) is 0.269. The molecule has 0 saturated heterocycles. The van der Waals surface area contributed by atoms with Crippen LogP contribution >= 0.6 is 11.6 Å². The molecule has 0 unspecified atom stereocenters. The number of benzene rings is 2. The van der Waals surface area contributed by atoms with Gasteiger partial charge in [0.1, 0.15) is 5.75 Å². The largest absolute Gasteiger partial charge is 0.493 e. The lowest BCUT2D eigenvalue weighted by molar-refractivity contribution is -0.115. The molecular weight excluding hydrogens is 458 g/mol. The summed E-state index contributed by atoms with van der Waals surface area (Å²) in [4.78, 5) is 12.7. The third-order valence-corrected chi connectivity index (χ3v) is 6.91. The van der Waals surface area contributed by atoms with E-state index in [1.165, 1.54) is 12.1 Å². The Morgan fingerprint density at radius 3 is 2.42 bits per heavy atom. The minimum absolute atomic E-state index is 0.0320. The summed E-state index contributed by atoms with van der Waals surface area (Å²) in [6.07, 6.45) is 0.0888. The molecule has 0 atom stereocenters. The summed E-state index contributed by atoms with van der Waals surface area (Å²) in [6, 6.07) is 21.5. The molecule has 0 spiro atoms. The minimum atomic E-state index is -3.27. The van der Waals surface area contributed by atoms with Crippen molar-refractivity contribution in [2.24, 2.45) is 5.92 Å². The van der Waals surface area contributed by atoms with Gasteiger partial charge in [-0.25, -0.2) is 8.42 Å². The van der Waals surface area contributed by atoms with Crippen molar-refractivity contribution >= 4 is 33.0 Å². The number of rotatable bonds is 9. The van der Waals surface area contributed by atoms with Gasteiger partial charge in [0.25, 0.3) is 0 Å². The van der Waals surface area contributed by atoms with Crippen LogP contribution in [0.25, 0.3) is 11.1 Å². The van der Waals surface area contributed by atoms with Crippen molar-refractivity contribution in [3.05, 3.63) is 77.3 Å². The van der Waals surface area contributed by atoms with Crippen LogP contribution in [0.4, 0.5) is 5.69 Å². The Labute approximate surface area is 200 Å². The van der Waals surface area contributed by atoms with Crippen molar-refractivity contribution in [2.45, 2.75) is 32.1 Å². The van der Waals surface area contributed by atoms with Gasteiger partial charge >= 0.3 is 0 Å². The number of sulfone groups is 1. The number of halogens is 1. The Morgan fingerprint density at radius 2 is 1.79 bits per heavy atom. The van der Waals surface area contributed by atoms with Crippen molar-refractivity contribution in [2.75, 3.05) is 17.7 Å². The van der Waals surface area contributed by atoms with Gasteiger partial charge in [-0.1, -0.05) is 62.7 Å². The van der Waals surface area contributed by atoms with Crippen LogP contribution in [0.2, 0.25) is 5.02 Å². The average Bonchev–Trinajstić information content (AvgIpc) is 2.78. The maximum atomic E-state index is 12.5. The smallest absolute Gasteiger partial charge is 0.229 e. The highest BCUT2D eigenvalue weighted by Gasteiger charge is 2.13. The number of anilines is 1.